The highest BCUT2D eigenvalue weighted by Crippen LogP contribution is 2.61. The Labute approximate surface area is 132 Å². The van der Waals surface area contributed by atoms with E-state index in [9.17, 15) is 8.42 Å². The first-order chi connectivity index (χ1) is 9.52. The molecule has 0 unspecified atom stereocenters. The third-order valence-corrected chi connectivity index (χ3v) is 7.22. The van der Waals surface area contributed by atoms with Gasteiger partial charge >= 0.3 is 0 Å². The van der Waals surface area contributed by atoms with Gasteiger partial charge in [-0.3, -0.25) is 4.72 Å². The van der Waals surface area contributed by atoms with E-state index in [2.05, 4.69) is 23.0 Å². The van der Waals surface area contributed by atoms with Crippen LogP contribution in [0.2, 0.25) is 0 Å². The fourth-order valence-corrected chi connectivity index (χ4v) is 5.15. The summed E-state index contributed by atoms with van der Waals surface area (Å²) in [5.41, 5.74) is 2.21. The molecule has 1 heterocycles. The zero-order valence-corrected chi connectivity index (χ0v) is 13.6. The lowest BCUT2D eigenvalue weighted by Crippen LogP contribution is -2.23. The first-order valence-corrected chi connectivity index (χ1v) is 8.89. The largest absolute Gasteiger partial charge is 0.316 e. The lowest BCUT2D eigenvalue weighted by atomic mass is 9.92. The van der Waals surface area contributed by atoms with E-state index in [1.807, 2.05) is 18.2 Å². The van der Waals surface area contributed by atoms with Gasteiger partial charge in [-0.1, -0.05) is 19.1 Å². The van der Waals surface area contributed by atoms with Crippen LogP contribution in [0.25, 0.3) is 0 Å². The van der Waals surface area contributed by atoms with Crippen molar-refractivity contribution in [2.45, 2.75) is 30.4 Å². The van der Waals surface area contributed by atoms with Crippen LogP contribution in [0.5, 0.6) is 0 Å². The minimum atomic E-state index is -3.16. The van der Waals surface area contributed by atoms with Crippen LogP contribution in [0.15, 0.2) is 24.3 Å². The highest BCUT2D eigenvalue weighted by Gasteiger charge is 2.63. The van der Waals surface area contributed by atoms with Crippen molar-refractivity contribution in [3.8, 4) is 0 Å². The first-order valence-electron chi connectivity index (χ1n) is 7.35. The van der Waals surface area contributed by atoms with E-state index in [0.717, 1.165) is 25.9 Å². The molecule has 0 amide bonds. The molecular weight excluding hydrogens is 308 g/mol. The summed E-state index contributed by atoms with van der Waals surface area (Å²) >= 11 is 0. The smallest absolute Gasteiger partial charge is 0.235 e. The Kier molecular flexibility index (Phi) is 3.50. The molecule has 3 aliphatic rings. The van der Waals surface area contributed by atoms with Crippen LogP contribution in [0.4, 0.5) is 5.69 Å². The van der Waals surface area contributed by atoms with Crippen LogP contribution in [0.1, 0.15) is 25.3 Å². The van der Waals surface area contributed by atoms with Gasteiger partial charge in [0.25, 0.3) is 0 Å². The van der Waals surface area contributed by atoms with Crippen LogP contribution < -0.4 is 10.0 Å². The van der Waals surface area contributed by atoms with E-state index in [1.165, 1.54) is 5.56 Å². The van der Waals surface area contributed by atoms with E-state index in [0.29, 0.717) is 17.5 Å². The Hall–Kier alpha value is -0.780. The number of rotatable bonds is 4. The summed E-state index contributed by atoms with van der Waals surface area (Å²) in [4.78, 5) is 0. The van der Waals surface area contributed by atoms with Crippen molar-refractivity contribution >= 4 is 28.1 Å². The highest BCUT2D eigenvalue weighted by atomic mass is 35.5. The van der Waals surface area contributed by atoms with Crippen LogP contribution in [-0.2, 0) is 15.4 Å². The molecule has 0 radical (unpaired) electrons. The van der Waals surface area contributed by atoms with Gasteiger partial charge in [0.15, 0.2) is 0 Å². The number of sulfonamides is 1. The summed E-state index contributed by atoms with van der Waals surface area (Å²) < 4.78 is 26.8. The molecule has 2 aliphatic carbocycles. The third-order valence-electron chi connectivity index (χ3n) is 5.35. The topological polar surface area (TPSA) is 58.2 Å². The van der Waals surface area contributed by atoms with Crippen molar-refractivity contribution in [3.05, 3.63) is 29.8 Å². The van der Waals surface area contributed by atoms with E-state index in [-0.39, 0.29) is 23.1 Å². The fraction of sp³-hybridized carbons (Fsp3) is 0.600. The Balaban J connectivity index is 0.00000132. The van der Waals surface area contributed by atoms with Crippen LogP contribution in [0, 0.1) is 11.8 Å². The molecule has 0 aromatic heterocycles. The Bertz CT molecular complexity index is 647. The molecule has 3 fully saturated rings. The summed E-state index contributed by atoms with van der Waals surface area (Å²) in [5.74, 6) is 1.41. The average molecular weight is 329 g/mol. The van der Waals surface area contributed by atoms with E-state index in [4.69, 9.17) is 0 Å². The van der Waals surface area contributed by atoms with Gasteiger partial charge in [-0.05, 0) is 55.5 Å². The number of piperidine rings is 1. The number of anilines is 1. The molecule has 1 saturated heterocycles. The fourth-order valence-electron chi connectivity index (χ4n) is 3.77. The van der Waals surface area contributed by atoms with Gasteiger partial charge in [0.1, 0.15) is 0 Å². The Morgan fingerprint density at radius 2 is 1.90 bits per heavy atom. The summed E-state index contributed by atoms with van der Waals surface area (Å²) in [5, 5.41) is 3.24. The lowest BCUT2D eigenvalue weighted by Gasteiger charge is -2.17. The second-order valence-electron chi connectivity index (χ2n) is 6.58. The molecule has 2 N–H and O–H groups in total. The van der Waals surface area contributed by atoms with Gasteiger partial charge in [0.05, 0.1) is 5.25 Å². The van der Waals surface area contributed by atoms with Gasteiger partial charge in [-0.15, -0.1) is 12.4 Å². The quantitative estimate of drug-likeness (QED) is 0.890. The molecule has 116 valence electrons. The zero-order valence-electron chi connectivity index (χ0n) is 12.0. The molecule has 4 rings (SSSR count). The maximum atomic E-state index is 12.0. The monoisotopic (exact) mass is 328 g/mol. The van der Waals surface area contributed by atoms with Crippen LogP contribution in [0.3, 0.4) is 0 Å². The first kappa shape index (κ1) is 15.1. The molecule has 6 heteroatoms. The molecule has 1 aromatic carbocycles. The molecule has 2 saturated carbocycles. The molecule has 0 spiro atoms. The van der Waals surface area contributed by atoms with Crippen LogP contribution in [-0.4, -0.2) is 26.8 Å². The number of fused-ring (bicyclic) bond motifs is 1. The van der Waals surface area contributed by atoms with Crippen molar-refractivity contribution in [3.63, 3.8) is 0 Å². The minimum absolute atomic E-state index is 0. The molecule has 1 aromatic rings. The molecule has 3 atom stereocenters. The van der Waals surface area contributed by atoms with E-state index in [1.54, 1.807) is 0 Å². The summed E-state index contributed by atoms with van der Waals surface area (Å²) in [6.45, 7) is 4.47. The number of halogens is 1. The molecule has 1 aliphatic heterocycles. The second kappa shape index (κ2) is 4.86. The van der Waals surface area contributed by atoms with Crippen molar-refractivity contribution in [1.82, 2.24) is 5.32 Å². The number of hydrogen-bond donors (Lipinski definition) is 2. The molecule has 0 bridgehead atoms. The van der Waals surface area contributed by atoms with E-state index >= 15 is 0 Å². The molecule has 4 nitrogen and oxygen atoms in total. The van der Waals surface area contributed by atoms with Gasteiger partial charge in [-0.2, -0.15) is 0 Å². The zero-order chi connectivity index (χ0) is 14.0. The number of nitrogens with one attached hydrogen (secondary N) is 2. The number of benzene rings is 1. The maximum absolute atomic E-state index is 12.0. The normalized spacial score (nSPS) is 34.0. The highest BCUT2D eigenvalue weighted by molar-refractivity contribution is 7.93. The second-order valence-corrected chi connectivity index (χ2v) is 8.54. The summed E-state index contributed by atoms with van der Waals surface area (Å²) in [6, 6.07) is 7.97. The molecular formula is C15H21ClN2O2S. The predicted molar refractivity (Wildman–Crippen MR) is 86.5 cm³/mol. The van der Waals surface area contributed by atoms with Crippen molar-refractivity contribution in [1.29, 1.82) is 0 Å². The predicted octanol–water partition coefficient (Wildman–Crippen LogP) is 2.12. The minimum Gasteiger partial charge on any atom is -0.316 e. The van der Waals surface area contributed by atoms with Crippen molar-refractivity contribution in [2.24, 2.45) is 11.8 Å². The van der Waals surface area contributed by atoms with E-state index < -0.39 is 10.0 Å². The van der Waals surface area contributed by atoms with Crippen LogP contribution >= 0.6 is 12.4 Å². The Morgan fingerprint density at radius 3 is 2.52 bits per heavy atom. The summed E-state index contributed by atoms with van der Waals surface area (Å²) in [6.07, 6.45) is 1.59. The van der Waals surface area contributed by atoms with Gasteiger partial charge < -0.3 is 5.32 Å². The molecule has 21 heavy (non-hydrogen) atoms. The van der Waals surface area contributed by atoms with Crippen molar-refractivity contribution < 1.29 is 8.42 Å². The number of hydrogen-bond acceptors (Lipinski definition) is 3. The van der Waals surface area contributed by atoms with Gasteiger partial charge in [0.2, 0.25) is 10.0 Å². The maximum Gasteiger partial charge on any atom is 0.235 e. The van der Waals surface area contributed by atoms with Crippen molar-refractivity contribution in [2.75, 3.05) is 17.8 Å². The average Bonchev–Trinajstić information content (AvgIpc) is 3.29. The summed E-state index contributed by atoms with van der Waals surface area (Å²) in [7, 11) is -3.16. The third kappa shape index (κ3) is 2.35. The Morgan fingerprint density at radius 1 is 1.24 bits per heavy atom. The lowest BCUT2D eigenvalue weighted by molar-refractivity contribution is 0.558. The van der Waals surface area contributed by atoms with Gasteiger partial charge in [0, 0.05) is 11.1 Å². The van der Waals surface area contributed by atoms with Gasteiger partial charge in [-0.25, -0.2) is 8.42 Å². The standard InChI is InChI=1S/C15H20N2O2S.ClH/c1-15(13-8-16-9-14(13)15)10-3-2-4-11(7-10)17-20(18,19)12-5-6-12;/h2-4,7,12-14,16-17H,5-6,8-9H2,1H3;1H/t13-,14+,15+;. The SMILES string of the molecule is C[C@]1(c2cccc(NS(=O)(=O)C3CC3)c2)[C@@H]2CNC[C@@H]21.Cl.